The molecule has 1 atom stereocenters. The first-order valence-corrected chi connectivity index (χ1v) is 5.40. The number of hydrogen-bond donors (Lipinski definition) is 1. The van der Waals surface area contributed by atoms with E-state index in [4.69, 9.17) is 4.74 Å². The Morgan fingerprint density at radius 3 is 3.07 bits per heavy atom. The fraction of sp³-hybridized carbons (Fsp3) is 0.636. The summed E-state index contributed by atoms with van der Waals surface area (Å²) in [5, 5.41) is 3.24. The first-order chi connectivity index (χ1) is 7.29. The molecule has 1 heterocycles. The molecule has 15 heavy (non-hydrogen) atoms. The number of ether oxygens (including phenoxy) is 1. The van der Waals surface area contributed by atoms with Crippen molar-refractivity contribution in [2.24, 2.45) is 11.8 Å². The first-order valence-electron chi connectivity index (χ1n) is 5.40. The van der Waals surface area contributed by atoms with Crippen molar-refractivity contribution in [3.8, 4) is 5.88 Å². The van der Waals surface area contributed by atoms with Crippen LogP contribution in [-0.4, -0.2) is 23.6 Å². The predicted molar refractivity (Wildman–Crippen MR) is 59.0 cm³/mol. The Morgan fingerprint density at radius 1 is 1.60 bits per heavy atom. The molecule has 0 aromatic carbocycles. The van der Waals surface area contributed by atoms with E-state index in [1.165, 1.54) is 12.8 Å². The molecule has 1 aliphatic rings. The minimum Gasteiger partial charge on any atom is -0.481 e. The van der Waals surface area contributed by atoms with Crippen molar-refractivity contribution in [3.63, 3.8) is 0 Å². The molecule has 0 radical (unpaired) electrons. The molecule has 1 N–H and O–H groups in total. The first kappa shape index (κ1) is 10.2. The van der Waals surface area contributed by atoms with Gasteiger partial charge in [-0.1, -0.05) is 6.92 Å². The molecule has 1 aliphatic carbocycles. The van der Waals surface area contributed by atoms with Gasteiger partial charge in [-0.3, -0.25) is 0 Å². The molecular formula is C11H17N3O. The van der Waals surface area contributed by atoms with E-state index in [-0.39, 0.29) is 0 Å². The summed E-state index contributed by atoms with van der Waals surface area (Å²) in [5.41, 5.74) is 0. The molecule has 1 aromatic heterocycles. The standard InChI is InChI=1S/C11H17N3O/c1-8(9-3-4-9)7-13-11-12-6-5-10(14-11)15-2/h5-6,8-9H,3-4,7H2,1-2H3,(H,12,13,14). The van der Waals surface area contributed by atoms with Crippen LogP contribution in [0.5, 0.6) is 5.88 Å². The SMILES string of the molecule is COc1ccnc(NCC(C)C2CC2)n1. The van der Waals surface area contributed by atoms with Gasteiger partial charge in [-0.05, 0) is 24.7 Å². The lowest BCUT2D eigenvalue weighted by Crippen LogP contribution is -2.14. The molecule has 0 amide bonds. The van der Waals surface area contributed by atoms with Gasteiger partial charge in [0.25, 0.3) is 0 Å². The monoisotopic (exact) mass is 207 g/mol. The van der Waals surface area contributed by atoms with Crippen molar-refractivity contribution in [2.45, 2.75) is 19.8 Å². The summed E-state index contributed by atoms with van der Waals surface area (Å²) in [7, 11) is 1.61. The van der Waals surface area contributed by atoms with E-state index in [1.54, 1.807) is 19.4 Å². The van der Waals surface area contributed by atoms with Crippen molar-refractivity contribution < 1.29 is 4.74 Å². The van der Waals surface area contributed by atoms with Gasteiger partial charge in [-0.2, -0.15) is 4.98 Å². The Labute approximate surface area is 90.1 Å². The van der Waals surface area contributed by atoms with Crippen molar-refractivity contribution in [1.82, 2.24) is 9.97 Å². The molecule has 0 saturated heterocycles. The van der Waals surface area contributed by atoms with Gasteiger partial charge in [0.2, 0.25) is 11.8 Å². The van der Waals surface area contributed by atoms with Crippen molar-refractivity contribution in [2.75, 3.05) is 19.0 Å². The van der Waals surface area contributed by atoms with E-state index in [2.05, 4.69) is 22.2 Å². The van der Waals surface area contributed by atoms with Crippen LogP contribution in [0.1, 0.15) is 19.8 Å². The molecule has 1 aromatic rings. The number of methoxy groups -OCH3 is 1. The van der Waals surface area contributed by atoms with Gasteiger partial charge >= 0.3 is 0 Å². The van der Waals surface area contributed by atoms with Crippen LogP contribution in [0.15, 0.2) is 12.3 Å². The van der Waals surface area contributed by atoms with Crippen LogP contribution in [0, 0.1) is 11.8 Å². The summed E-state index contributed by atoms with van der Waals surface area (Å²) in [5.74, 6) is 2.87. The van der Waals surface area contributed by atoms with Crippen LogP contribution >= 0.6 is 0 Å². The van der Waals surface area contributed by atoms with Crippen LogP contribution < -0.4 is 10.1 Å². The third-order valence-electron chi connectivity index (χ3n) is 2.85. The third kappa shape index (κ3) is 2.81. The van der Waals surface area contributed by atoms with Gasteiger partial charge < -0.3 is 10.1 Å². The molecule has 0 spiro atoms. The Hall–Kier alpha value is -1.32. The van der Waals surface area contributed by atoms with Crippen LogP contribution in [0.4, 0.5) is 5.95 Å². The molecule has 82 valence electrons. The maximum Gasteiger partial charge on any atom is 0.225 e. The Balaban J connectivity index is 1.86. The number of hydrogen-bond acceptors (Lipinski definition) is 4. The van der Waals surface area contributed by atoms with Gasteiger partial charge in [-0.25, -0.2) is 4.98 Å². The van der Waals surface area contributed by atoms with Gasteiger partial charge in [-0.15, -0.1) is 0 Å². The molecule has 0 aliphatic heterocycles. The lowest BCUT2D eigenvalue weighted by atomic mass is 10.1. The van der Waals surface area contributed by atoms with Gasteiger partial charge in [0.05, 0.1) is 7.11 Å². The van der Waals surface area contributed by atoms with Crippen molar-refractivity contribution in [3.05, 3.63) is 12.3 Å². The van der Waals surface area contributed by atoms with Crippen LogP contribution in [0.3, 0.4) is 0 Å². The Morgan fingerprint density at radius 2 is 2.40 bits per heavy atom. The average Bonchev–Trinajstić information content (AvgIpc) is 3.10. The van der Waals surface area contributed by atoms with E-state index >= 15 is 0 Å². The molecule has 4 nitrogen and oxygen atoms in total. The normalized spacial score (nSPS) is 17.2. The van der Waals surface area contributed by atoms with E-state index < -0.39 is 0 Å². The minimum absolute atomic E-state index is 0.603. The molecule has 0 bridgehead atoms. The molecule has 4 heteroatoms. The summed E-state index contributed by atoms with van der Waals surface area (Å²) in [4.78, 5) is 8.34. The number of anilines is 1. The topological polar surface area (TPSA) is 47.0 Å². The smallest absolute Gasteiger partial charge is 0.225 e. The highest BCUT2D eigenvalue weighted by Crippen LogP contribution is 2.36. The largest absolute Gasteiger partial charge is 0.481 e. The fourth-order valence-electron chi connectivity index (χ4n) is 1.63. The number of rotatable bonds is 5. The summed E-state index contributed by atoms with van der Waals surface area (Å²) in [6, 6.07) is 1.75. The Kier molecular flexibility index (Phi) is 3.04. The second-order valence-electron chi connectivity index (χ2n) is 4.12. The zero-order valence-corrected chi connectivity index (χ0v) is 9.23. The van der Waals surface area contributed by atoms with Crippen molar-refractivity contribution in [1.29, 1.82) is 0 Å². The van der Waals surface area contributed by atoms with Gasteiger partial charge in [0, 0.05) is 18.8 Å². The summed E-state index contributed by atoms with van der Waals surface area (Å²) in [6.07, 6.45) is 4.46. The molecule has 2 rings (SSSR count). The third-order valence-corrected chi connectivity index (χ3v) is 2.85. The maximum absolute atomic E-state index is 5.03. The zero-order valence-electron chi connectivity index (χ0n) is 9.23. The number of aromatic nitrogens is 2. The molecule has 1 saturated carbocycles. The highest BCUT2D eigenvalue weighted by molar-refractivity contribution is 5.27. The second-order valence-corrected chi connectivity index (χ2v) is 4.12. The maximum atomic E-state index is 5.03. The summed E-state index contributed by atoms with van der Waals surface area (Å²) in [6.45, 7) is 3.21. The molecule has 1 unspecified atom stereocenters. The molecular weight excluding hydrogens is 190 g/mol. The van der Waals surface area contributed by atoms with Gasteiger partial charge in [0.15, 0.2) is 0 Å². The minimum atomic E-state index is 0.603. The Bertz CT molecular complexity index is 325. The number of nitrogens with zero attached hydrogens (tertiary/aromatic N) is 2. The van der Waals surface area contributed by atoms with E-state index in [0.717, 1.165) is 12.5 Å². The average molecular weight is 207 g/mol. The zero-order chi connectivity index (χ0) is 10.7. The highest BCUT2D eigenvalue weighted by Gasteiger charge is 2.27. The predicted octanol–water partition coefficient (Wildman–Crippen LogP) is 1.94. The second kappa shape index (κ2) is 4.47. The number of nitrogens with one attached hydrogen (secondary N) is 1. The van der Waals surface area contributed by atoms with E-state index in [1.807, 2.05) is 0 Å². The van der Waals surface area contributed by atoms with E-state index in [9.17, 15) is 0 Å². The lowest BCUT2D eigenvalue weighted by Gasteiger charge is -2.11. The lowest BCUT2D eigenvalue weighted by molar-refractivity contribution is 0.397. The summed E-state index contributed by atoms with van der Waals surface area (Å²) < 4.78 is 5.03. The van der Waals surface area contributed by atoms with Crippen LogP contribution in [-0.2, 0) is 0 Å². The molecule has 1 fully saturated rings. The van der Waals surface area contributed by atoms with Crippen LogP contribution in [0.25, 0.3) is 0 Å². The van der Waals surface area contributed by atoms with E-state index in [0.29, 0.717) is 17.7 Å². The van der Waals surface area contributed by atoms with Gasteiger partial charge in [0.1, 0.15) is 0 Å². The fourth-order valence-corrected chi connectivity index (χ4v) is 1.63. The highest BCUT2D eigenvalue weighted by atomic mass is 16.5. The van der Waals surface area contributed by atoms with Crippen molar-refractivity contribution >= 4 is 5.95 Å². The summed E-state index contributed by atoms with van der Waals surface area (Å²) >= 11 is 0. The van der Waals surface area contributed by atoms with Crippen LogP contribution in [0.2, 0.25) is 0 Å². The quantitative estimate of drug-likeness (QED) is 0.801.